The molecule has 1 saturated carbocycles. The molecule has 1 N–H and O–H groups in total. The lowest BCUT2D eigenvalue weighted by atomic mass is 10.2. The normalized spacial score (nSPS) is 14.2. The minimum Gasteiger partial charge on any atom is -0.487 e. The second-order valence-electron chi connectivity index (χ2n) is 5.30. The molecule has 0 amide bonds. The first kappa shape index (κ1) is 14.4. The lowest BCUT2D eigenvalue weighted by Gasteiger charge is -2.14. The van der Waals surface area contributed by atoms with Gasteiger partial charge in [0.2, 0.25) is 0 Å². The summed E-state index contributed by atoms with van der Waals surface area (Å²) in [5.74, 6) is 0.419. The molecule has 3 rings (SSSR count). The zero-order chi connectivity index (χ0) is 14.7. The van der Waals surface area contributed by atoms with Gasteiger partial charge >= 0.3 is 0 Å². The molecule has 1 aliphatic rings. The predicted molar refractivity (Wildman–Crippen MR) is 82.0 cm³/mol. The highest BCUT2D eigenvalue weighted by Crippen LogP contribution is 2.30. The molecule has 2 nitrogen and oxygen atoms in total. The van der Waals surface area contributed by atoms with E-state index in [9.17, 15) is 4.39 Å². The van der Waals surface area contributed by atoms with Crippen LogP contribution in [0.25, 0.3) is 0 Å². The molecule has 0 radical (unpaired) electrons. The smallest absolute Gasteiger partial charge is 0.142 e. The van der Waals surface area contributed by atoms with Crippen molar-refractivity contribution in [2.45, 2.75) is 32.0 Å². The van der Waals surface area contributed by atoms with E-state index >= 15 is 0 Å². The first-order valence-corrected chi connectivity index (χ1v) is 7.48. The molecule has 0 aliphatic heterocycles. The van der Waals surface area contributed by atoms with Gasteiger partial charge in [0.15, 0.2) is 0 Å². The maximum Gasteiger partial charge on any atom is 0.142 e. The Bertz CT molecular complexity index is 628. The van der Waals surface area contributed by atoms with Gasteiger partial charge in [-0.1, -0.05) is 35.9 Å². The van der Waals surface area contributed by atoms with Gasteiger partial charge in [-0.3, -0.25) is 0 Å². The number of ether oxygens (including phenoxy) is 1. The summed E-state index contributed by atoms with van der Waals surface area (Å²) < 4.78 is 19.0. The molecule has 0 atom stereocenters. The van der Waals surface area contributed by atoms with E-state index < -0.39 is 0 Å². The summed E-state index contributed by atoms with van der Waals surface area (Å²) in [6, 6.07) is 12.8. The van der Waals surface area contributed by atoms with Crippen LogP contribution in [0.15, 0.2) is 42.5 Å². The highest BCUT2D eigenvalue weighted by molar-refractivity contribution is 6.32. The standard InChI is InChI=1S/C17H17ClFNO/c18-16-6-2-4-13(10-20-15-7-8-15)17(16)21-11-12-3-1-5-14(19)9-12/h1-6,9,15,20H,7-8,10-11H2. The predicted octanol–water partition coefficient (Wildman–Crippen LogP) is 4.31. The molecule has 0 aromatic heterocycles. The molecule has 0 spiro atoms. The second kappa shape index (κ2) is 6.46. The Kier molecular flexibility index (Phi) is 4.42. The second-order valence-corrected chi connectivity index (χ2v) is 5.71. The fourth-order valence-corrected chi connectivity index (χ4v) is 2.43. The lowest BCUT2D eigenvalue weighted by Crippen LogP contribution is -2.16. The van der Waals surface area contributed by atoms with Crippen LogP contribution >= 0.6 is 11.6 Å². The first-order valence-electron chi connectivity index (χ1n) is 7.10. The molecular weight excluding hydrogens is 289 g/mol. The molecule has 1 aliphatic carbocycles. The highest BCUT2D eigenvalue weighted by atomic mass is 35.5. The van der Waals surface area contributed by atoms with Crippen LogP contribution < -0.4 is 10.1 Å². The zero-order valence-corrected chi connectivity index (χ0v) is 12.4. The number of hydrogen-bond acceptors (Lipinski definition) is 2. The van der Waals surface area contributed by atoms with E-state index in [1.165, 1.54) is 25.0 Å². The van der Waals surface area contributed by atoms with Crippen molar-refractivity contribution in [1.29, 1.82) is 0 Å². The minimum atomic E-state index is -0.258. The molecule has 21 heavy (non-hydrogen) atoms. The number of rotatable bonds is 6. The van der Waals surface area contributed by atoms with Gasteiger partial charge in [0.25, 0.3) is 0 Å². The third-order valence-corrected chi connectivity index (χ3v) is 3.78. The van der Waals surface area contributed by atoms with Gasteiger partial charge in [0.1, 0.15) is 18.2 Å². The summed E-state index contributed by atoms with van der Waals surface area (Å²) in [4.78, 5) is 0. The number of hydrogen-bond donors (Lipinski definition) is 1. The SMILES string of the molecule is Fc1cccc(COc2c(Cl)cccc2CNC2CC2)c1. The molecule has 0 heterocycles. The van der Waals surface area contributed by atoms with Gasteiger partial charge in [-0.25, -0.2) is 4.39 Å². The van der Waals surface area contributed by atoms with Crippen LogP contribution in [0.4, 0.5) is 4.39 Å². The molecule has 4 heteroatoms. The Balaban J connectivity index is 1.70. The molecule has 110 valence electrons. The van der Waals surface area contributed by atoms with Crippen LogP contribution in [0.5, 0.6) is 5.75 Å². The van der Waals surface area contributed by atoms with Crippen molar-refractivity contribution < 1.29 is 9.13 Å². The third kappa shape index (κ3) is 3.96. The average molecular weight is 306 g/mol. The quantitative estimate of drug-likeness (QED) is 0.858. The molecule has 1 fully saturated rings. The summed E-state index contributed by atoms with van der Waals surface area (Å²) >= 11 is 6.23. The Morgan fingerprint density at radius 1 is 1.19 bits per heavy atom. The fourth-order valence-electron chi connectivity index (χ4n) is 2.18. The summed E-state index contributed by atoms with van der Waals surface area (Å²) in [7, 11) is 0. The number of para-hydroxylation sites is 1. The van der Waals surface area contributed by atoms with Crippen molar-refractivity contribution in [3.63, 3.8) is 0 Å². The van der Waals surface area contributed by atoms with Crippen molar-refractivity contribution in [2.24, 2.45) is 0 Å². The maximum absolute atomic E-state index is 13.2. The lowest BCUT2D eigenvalue weighted by molar-refractivity contribution is 0.301. The Morgan fingerprint density at radius 2 is 2.00 bits per heavy atom. The molecule has 2 aromatic carbocycles. The van der Waals surface area contributed by atoms with E-state index in [1.807, 2.05) is 24.3 Å². The first-order chi connectivity index (χ1) is 10.2. The van der Waals surface area contributed by atoms with Crippen molar-refractivity contribution in [3.05, 3.63) is 64.4 Å². The molecular formula is C17H17ClFNO. The maximum atomic E-state index is 13.2. The van der Waals surface area contributed by atoms with Gasteiger partial charge in [-0.15, -0.1) is 0 Å². The molecule has 0 bridgehead atoms. The van der Waals surface area contributed by atoms with Gasteiger partial charge < -0.3 is 10.1 Å². The third-order valence-electron chi connectivity index (χ3n) is 3.48. The zero-order valence-electron chi connectivity index (χ0n) is 11.6. The summed E-state index contributed by atoms with van der Waals surface area (Å²) in [5.41, 5.74) is 1.82. The van der Waals surface area contributed by atoms with Gasteiger partial charge in [-0.2, -0.15) is 0 Å². The molecule has 0 saturated heterocycles. The van der Waals surface area contributed by atoms with Crippen molar-refractivity contribution >= 4 is 11.6 Å². The highest BCUT2D eigenvalue weighted by Gasteiger charge is 2.21. The van der Waals surface area contributed by atoms with E-state index in [1.54, 1.807) is 6.07 Å². The van der Waals surface area contributed by atoms with E-state index in [0.717, 1.165) is 17.7 Å². The summed E-state index contributed by atoms with van der Waals surface area (Å²) in [6.07, 6.45) is 2.47. The number of halogens is 2. The van der Waals surface area contributed by atoms with E-state index in [4.69, 9.17) is 16.3 Å². The fraction of sp³-hybridized carbons (Fsp3) is 0.294. The van der Waals surface area contributed by atoms with Crippen LogP contribution in [0, 0.1) is 5.82 Å². The summed E-state index contributed by atoms with van der Waals surface area (Å²) in [6.45, 7) is 1.04. The Labute approximate surface area is 128 Å². The molecule has 2 aromatic rings. The van der Waals surface area contributed by atoms with Crippen LogP contribution in [0.3, 0.4) is 0 Å². The largest absolute Gasteiger partial charge is 0.487 e. The van der Waals surface area contributed by atoms with Crippen molar-refractivity contribution in [3.8, 4) is 5.75 Å². The topological polar surface area (TPSA) is 21.3 Å². The summed E-state index contributed by atoms with van der Waals surface area (Å²) in [5, 5.41) is 4.03. The van der Waals surface area contributed by atoms with Crippen LogP contribution in [-0.2, 0) is 13.2 Å². The number of nitrogens with one attached hydrogen (secondary N) is 1. The Morgan fingerprint density at radius 3 is 2.76 bits per heavy atom. The Hall–Kier alpha value is -1.58. The number of benzene rings is 2. The van der Waals surface area contributed by atoms with Gasteiger partial charge in [0.05, 0.1) is 5.02 Å². The van der Waals surface area contributed by atoms with Crippen molar-refractivity contribution in [2.75, 3.05) is 0 Å². The van der Waals surface area contributed by atoms with E-state index in [2.05, 4.69) is 5.32 Å². The van der Waals surface area contributed by atoms with Crippen LogP contribution in [0.1, 0.15) is 24.0 Å². The van der Waals surface area contributed by atoms with Gasteiger partial charge in [-0.05, 0) is 36.6 Å². The van der Waals surface area contributed by atoms with Crippen molar-refractivity contribution in [1.82, 2.24) is 5.32 Å². The average Bonchev–Trinajstić information content (AvgIpc) is 3.28. The molecule has 0 unspecified atom stereocenters. The van der Waals surface area contributed by atoms with Gasteiger partial charge in [0, 0.05) is 18.2 Å². The monoisotopic (exact) mass is 305 g/mol. The van der Waals surface area contributed by atoms with Crippen LogP contribution in [0.2, 0.25) is 5.02 Å². The van der Waals surface area contributed by atoms with E-state index in [0.29, 0.717) is 23.4 Å². The van der Waals surface area contributed by atoms with Crippen LogP contribution in [-0.4, -0.2) is 6.04 Å². The van der Waals surface area contributed by atoms with E-state index in [-0.39, 0.29) is 5.82 Å². The minimum absolute atomic E-state index is 0.258.